The second-order valence-electron chi connectivity index (χ2n) is 6.18. The molecule has 0 aliphatic carbocycles. The number of rotatable bonds is 2. The van der Waals surface area contributed by atoms with Crippen LogP contribution in [0.15, 0.2) is 18.5 Å². The number of nitrogens with two attached hydrogens (primary N) is 1. The van der Waals surface area contributed by atoms with Crippen molar-refractivity contribution in [2.75, 3.05) is 36.9 Å². The van der Waals surface area contributed by atoms with Gasteiger partial charge in [-0.05, 0) is 25.8 Å². The summed E-state index contributed by atoms with van der Waals surface area (Å²) in [5.41, 5.74) is 6.34. The van der Waals surface area contributed by atoms with Crippen LogP contribution in [-0.2, 0) is 4.74 Å². The number of aliphatic hydroxyl groups is 1. The molecule has 0 spiro atoms. The lowest BCUT2D eigenvalue weighted by Gasteiger charge is -2.27. The fraction of sp³-hybridized carbons (Fsp3) is 0.412. The molecule has 130 valence electrons. The van der Waals surface area contributed by atoms with Gasteiger partial charge in [0.2, 0.25) is 11.9 Å². The van der Waals surface area contributed by atoms with Crippen LogP contribution in [0.5, 0.6) is 0 Å². The highest BCUT2D eigenvalue weighted by molar-refractivity contribution is 5.61. The lowest BCUT2D eigenvalue weighted by atomic mass is 10.1. The van der Waals surface area contributed by atoms with Crippen LogP contribution in [0.1, 0.15) is 19.5 Å². The molecule has 1 aliphatic rings. The Morgan fingerprint density at radius 1 is 1.20 bits per heavy atom. The highest BCUT2D eigenvalue weighted by atomic mass is 16.5. The minimum absolute atomic E-state index is 0.202. The molecule has 1 aliphatic heterocycles. The summed E-state index contributed by atoms with van der Waals surface area (Å²) in [5, 5.41) is 9.84. The third kappa shape index (κ3) is 4.62. The summed E-state index contributed by atoms with van der Waals surface area (Å²) in [5.74, 6) is 6.46. The first-order chi connectivity index (χ1) is 11.9. The highest BCUT2D eigenvalue weighted by Gasteiger charge is 2.16. The molecule has 2 aromatic rings. The number of nitrogens with zero attached hydrogens (tertiary/aromatic N) is 5. The van der Waals surface area contributed by atoms with Gasteiger partial charge in [0.05, 0.1) is 18.9 Å². The molecular formula is C17H20N6O2. The largest absolute Gasteiger partial charge is 0.378 e. The zero-order chi connectivity index (χ0) is 17.9. The Morgan fingerprint density at radius 2 is 1.88 bits per heavy atom. The molecule has 0 unspecified atom stereocenters. The zero-order valence-electron chi connectivity index (χ0n) is 14.2. The van der Waals surface area contributed by atoms with E-state index in [1.54, 1.807) is 32.3 Å². The molecule has 0 aromatic carbocycles. The molecule has 8 nitrogen and oxygen atoms in total. The van der Waals surface area contributed by atoms with E-state index in [-0.39, 0.29) is 5.95 Å². The Kier molecular flexibility index (Phi) is 4.79. The minimum Gasteiger partial charge on any atom is -0.378 e. The monoisotopic (exact) mass is 340 g/mol. The summed E-state index contributed by atoms with van der Waals surface area (Å²) in [6, 6.07) is 1.75. The Hall–Kier alpha value is -2.76. The molecule has 3 N–H and O–H groups in total. The molecule has 8 heteroatoms. The van der Waals surface area contributed by atoms with Crippen molar-refractivity contribution in [3.8, 4) is 23.1 Å². The molecule has 0 saturated carbocycles. The van der Waals surface area contributed by atoms with Gasteiger partial charge in [-0.1, -0.05) is 5.92 Å². The summed E-state index contributed by atoms with van der Waals surface area (Å²) in [6.07, 6.45) is 3.22. The van der Waals surface area contributed by atoms with Crippen LogP contribution in [0.3, 0.4) is 0 Å². The molecule has 0 atom stereocenters. The van der Waals surface area contributed by atoms with E-state index < -0.39 is 5.60 Å². The standard InChI is InChI=1S/C17H20N6O2/c1-17(2,24)4-3-13-9-14(12-10-19-15(18)20-11-12)22-16(21-13)23-5-7-25-8-6-23/h9-11,24H,5-8H2,1-2H3,(H2,18,19,20). The Balaban J connectivity index is 2.03. The number of morpholine rings is 1. The maximum Gasteiger partial charge on any atom is 0.227 e. The van der Waals surface area contributed by atoms with Crippen molar-refractivity contribution in [1.29, 1.82) is 0 Å². The molecule has 3 heterocycles. The zero-order valence-corrected chi connectivity index (χ0v) is 14.2. The molecule has 0 bridgehead atoms. The molecule has 1 fully saturated rings. The molecule has 1 saturated heterocycles. The molecule has 2 aromatic heterocycles. The van der Waals surface area contributed by atoms with Crippen molar-refractivity contribution in [3.05, 3.63) is 24.2 Å². The van der Waals surface area contributed by atoms with E-state index >= 15 is 0 Å². The fourth-order valence-corrected chi connectivity index (χ4v) is 2.24. The molecule has 3 rings (SSSR count). The Labute approximate surface area is 146 Å². The Bertz CT molecular complexity index is 799. The average Bonchev–Trinajstić information content (AvgIpc) is 2.60. The third-order valence-electron chi connectivity index (χ3n) is 3.47. The molecule has 0 radical (unpaired) electrons. The van der Waals surface area contributed by atoms with Crippen molar-refractivity contribution in [2.24, 2.45) is 0 Å². The normalized spacial score (nSPS) is 14.8. The quantitative estimate of drug-likeness (QED) is 0.759. The molecule has 25 heavy (non-hydrogen) atoms. The van der Waals surface area contributed by atoms with E-state index in [2.05, 4.69) is 31.8 Å². The van der Waals surface area contributed by atoms with Crippen LogP contribution in [-0.4, -0.2) is 56.9 Å². The Morgan fingerprint density at radius 3 is 2.52 bits per heavy atom. The van der Waals surface area contributed by atoms with Crippen molar-refractivity contribution in [3.63, 3.8) is 0 Å². The topological polar surface area (TPSA) is 110 Å². The van der Waals surface area contributed by atoms with E-state index in [0.717, 1.165) is 5.56 Å². The van der Waals surface area contributed by atoms with Crippen LogP contribution >= 0.6 is 0 Å². The van der Waals surface area contributed by atoms with Crippen LogP contribution in [0.4, 0.5) is 11.9 Å². The lowest BCUT2D eigenvalue weighted by Crippen LogP contribution is -2.37. The number of anilines is 2. The smallest absolute Gasteiger partial charge is 0.227 e. The lowest BCUT2D eigenvalue weighted by molar-refractivity contribution is 0.122. The van der Waals surface area contributed by atoms with Crippen molar-refractivity contribution < 1.29 is 9.84 Å². The maximum atomic E-state index is 9.84. The predicted molar refractivity (Wildman–Crippen MR) is 93.7 cm³/mol. The third-order valence-corrected chi connectivity index (χ3v) is 3.47. The second kappa shape index (κ2) is 7.01. The van der Waals surface area contributed by atoms with Gasteiger partial charge in [-0.25, -0.2) is 19.9 Å². The number of ether oxygens (including phenoxy) is 1. The van der Waals surface area contributed by atoms with Crippen LogP contribution in [0.2, 0.25) is 0 Å². The number of hydrogen-bond donors (Lipinski definition) is 2. The SMILES string of the molecule is CC(C)(O)C#Cc1cc(-c2cnc(N)nc2)nc(N2CCOCC2)n1. The predicted octanol–water partition coefficient (Wildman–Crippen LogP) is 0.475. The van der Waals surface area contributed by atoms with Gasteiger partial charge in [0, 0.05) is 31.0 Å². The first kappa shape index (κ1) is 17.1. The minimum atomic E-state index is -1.10. The van der Waals surface area contributed by atoms with Gasteiger partial charge in [0.1, 0.15) is 11.3 Å². The van der Waals surface area contributed by atoms with Crippen LogP contribution in [0, 0.1) is 11.8 Å². The van der Waals surface area contributed by atoms with Gasteiger partial charge in [0.25, 0.3) is 0 Å². The van der Waals surface area contributed by atoms with E-state index in [4.69, 9.17) is 10.5 Å². The molecule has 0 amide bonds. The first-order valence-corrected chi connectivity index (χ1v) is 7.96. The van der Waals surface area contributed by atoms with E-state index in [1.807, 2.05) is 4.90 Å². The average molecular weight is 340 g/mol. The van der Waals surface area contributed by atoms with Gasteiger partial charge in [-0.3, -0.25) is 0 Å². The van der Waals surface area contributed by atoms with Gasteiger partial charge in [-0.2, -0.15) is 0 Å². The van der Waals surface area contributed by atoms with Crippen LogP contribution < -0.4 is 10.6 Å². The number of nitrogen functional groups attached to an aromatic ring is 1. The number of aromatic nitrogens is 4. The van der Waals surface area contributed by atoms with Crippen LogP contribution in [0.25, 0.3) is 11.3 Å². The van der Waals surface area contributed by atoms with Crippen molar-refractivity contribution >= 4 is 11.9 Å². The summed E-state index contributed by atoms with van der Waals surface area (Å²) in [7, 11) is 0. The summed E-state index contributed by atoms with van der Waals surface area (Å²) < 4.78 is 5.38. The first-order valence-electron chi connectivity index (χ1n) is 7.96. The van der Waals surface area contributed by atoms with Crippen molar-refractivity contribution in [1.82, 2.24) is 19.9 Å². The summed E-state index contributed by atoms with van der Waals surface area (Å²) in [6.45, 7) is 5.92. The highest BCUT2D eigenvalue weighted by Crippen LogP contribution is 2.20. The van der Waals surface area contributed by atoms with E-state index in [0.29, 0.717) is 43.6 Å². The second-order valence-corrected chi connectivity index (χ2v) is 6.18. The van der Waals surface area contributed by atoms with Gasteiger partial charge in [-0.15, -0.1) is 0 Å². The van der Waals surface area contributed by atoms with Gasteiger partial charge >= 0.3 is 0 Å². The van der Waals surface area contributed by atoms with Crippen molar-refractivity contribution in [2.45, 2.75) is 19.4 Å². The summed E-state index contributed by atoms with van der Waals surface area (Å²) in [4.78, 5) is 19.2. The number of hydrogen-bond acceptors (Lipinski definition) is 8. The van der Waals surface area contributed by atoms with Gasteiger partial charge < -0.3 is 20.5 Å². The summed E-state index contributed by atoms with van der Waals surface area (Å²) >= 11 is 0. The fourth-order valence-electron chi connectivity index (χ4n) is 2.24. The van der Waals surface area contributed by atoms with E-state index in [9.17, 15) is 5.11 Å². The van der Waals surface area contributed by atoms with E-state index in [1.165, 1.54) is 0 Å². The molecular weight excluding hydrogens is 320 g/mol. The van der Waals surface area contributed by atoms with Gasteiger partial charge in [0.15, 0.2) is 0 Å². The maximum absolute atomic E-state index is 9.84.